The second-order valence-corrected chi connectivity index (χ2v) is 19.8. The lowest BCUT2D eigenvalue weighted by Crippen LogP contribution is -2.07. The van der Waals surface area contributed by atoms with Crippen LogP contribution in [0.2, 0.25) is 0 Å². The fraction of sp³-hybridized carbons (Fsp3) is 0.0274. The molecule has 3 N–H and O–H groups in total. The van der Waals surface area contributed by atoms with Crippen molar-refractivity contribution in [2.24, 2.45) is 30.7 Å². The number of benzene rings is 11. The van der Waals surface area contributed by atoms with E-state index in [0.29, 0.717) is 62.2 Å². The number of ether oxygens (including phenoxy) is 4. The highest BCUT2D eigenvalue weighted by Crippen LogP contribution is 2.40. The molecule has 0 spiro atoms. The van der Waals surface area contributed by atoms with Crippen molar-refractivity contribution in [3.8, 4) is 23.0 Å². The van der Waals surface area contributed by atoms with Crippen LogP contribution in [-0.4, -0.2) is 71.2 Å². The maximum atomic E-state index is 11.6. The average molecular weight is 1250 g/mol. The van der Waals surface area contributed by atoms with E-state index in [9.17, 15) is 43.8 Å². The maximum absolute atomic E-state index is 11.6. The summed E-state index contributed by atoms with van der Waals surface area (Å²) in [4.78, 5) is 80.2. The Morgan fingerprint density at radius 3 is 1.17 bits per heavy atom. The zero-order valence-corrected chi connectivity index (χ0v) is 50.2. The molecule has 0 aliphatic carbocycles. The summed E-state index contributed by atoms with van der Waals surface area (Å²) in [6.45, 7) is 13.4. The molecule has 0 aliphatic rings. The molecule has 94 heavy (non-hydrogen) atoms. The first kappa shape index (κ1) is 66.5. The molecular weight excluding hydrogens is 1200 g/mol. The Balaban J connectivity index is 0.000000161. The van der Waals surface area contributed by atoms with Gasteiger partial charge in [-0.15, -0.1) is 5.11 Å². The van der Waals surface area contributed by atoms with Crippen LogP contribution in [-0.2, 0) is 19.2 Å². The van der Waals surface area contributed by atoms with E-state index in [2.05, 4.69) is 57.0 Å². The van der Waals surface area contributed by atoms with Gasteiger partial charge in [-0.05, 0) is 185 Å². The van der Waals surface area contributed by atoms with Gasteiger partial charge in [0.25, 0.3) is 0 Å². The van der Waals surface area contributed by atoms with Gasteiger partial charge in [0.1, 0.15) is 23.0 Å². The van der Waals surface area contributed by atoms with E-state index in [1.165, 1.54) is 18.2 Å². The number of carbonyl (C=O) groups is 7. The minimum absolute atomic E-state index is 0.187. The maximum Gasteiger partial charge on any atom is 0.336 e. The molecule has 0 aliphatic heterocycles. The molecule has 0 radical (unpaired) electrons. The summed E-state index contributed by atoms with van der Waals surface area (Å²) in [5.41, 5.74) is 5.44. The Morgan fingerprint density at radius 1 is 0.362 bits per heavy atom. The number of anilines is 1. The molecule has 0 fully saturated rings. The van der Waals surface area contributed by atoms with Gasteiger partial charge in [-0.2, -0.15) is 25.6 Å². The predicted molar refractivity (Wildman–Crippen MR) is 357 cm³/mol. The van der Waals surface area contributed by atoms with Crippen LogP contribution in [0.1, 0.15) is 31.1 Å². The minimum atomic E-state index is -0.992. The second-order valence-electron chi connectivity index (χ2n) is 19.8. The fourth-order valence-corrected chi connectivity index (χ4v) is 8.76. The topological polar surface area (TPSA) is 295 Å². The molecule has 0 heterocycles. The van der Waals surface area contributed by atoms with Crippen molar-refractivity contribution in [2.75, 3.05) is 19.0 Å². The number of fused-ring (bicyclic) bond motifs is 1. The van der Waals surface area contributed by atoms with E-state index in [1.54, 1.807) is 127 Å². The Hall–Kier alpha value is -13.4. The third-order valence-corrected chi connectivity index (χ3v) is 13.3. The molecule has 0 saturated heterocycles. The highest BCUT2D eigenvalue weighted by molar-refractivity contribution is 6.25. The van der Waals surface area contributed by atoms with Crippen molar-refractivity contribution in [2.45, 2.75) is 0 Å². The molecule has 11 aromatic rings. The van der Waals surface area contributed by atoms with Crippen molar-refractivity contribution in [3.63, 3.8) is 0 Å². The van der Waals surface area contributed by atoms with Gasteiger partial charge >= 0.3 is 41.8 Å². The Labute approximate surface area is 536 Å². The number of carboxylic acid groups (broad SMARTS) is 3. The van der Waals surface area contributed by atoms with Gasteiger partial charge in [-0.25, -0.2) is 33.6 Å². The molecule has 11 aromatic carbocycles. The molecule has 21 nitrogen and oxygen atoms in total. The van der Waals surface area contributed by atoms with Gasteiger partial charge in [0.2, 0.25) is 0 Å². The van der Waals surface area contributed by atoms with E-state index in [0.717, 1.165) is 68.0 Å². The highest BCUT2D eigenvalue weighted by Gasteiger charge is 2.16. The Kier molecular flexibility index (Phi) is 22.4. The van der Waals surface area contributed by atoms with Crippen LogP contribution >= 0.6 is 0 Å². The summed E-state index contributed by atoms with van der Waals surface area (Å²) < 4.78 is 20.2. The van der Waals surface area contributed by atoms with Crippen LogP contribution < -0.4 is 23.8 Å². The van der Waals surface area contributed by atoms with Crippen molar-refractivity contribution in [1.82, 2.24) is 0 Å². The van der Waals surface area contributed by atoms with Crippen molar-refractivity contribution in [1.29, 1.82) is 0 Å². The summed E-state index contributed by atoms with van der Waals surface area (Å²) in [6.07, 6.45) is 4.40. The molecular formula is C73H55N7O14. The zero-order valence-electron chi connectivity index (χ0n) is 50.2. The molecule has 0 bridgehead atoms. The lowest BCUT2D eigenvalue weighted by Gasteiger charge is -2.14. The van der Waals surface area contributed by atoms with Gasteiger partial charge in [-0.3, -0.25) is 0 Å². The molecule has 0 atom stereocenters. The third-order valence-electron chi connectivity index (χ3n) is 13.3. The number of rotatable bonds is 18. The van der Waals surface area contributed by atoms with Crippen LogP contribution in [0.15, 0.2) is 288 Å². The highest BCUT2D eigenvalue weighted by atomic mass is 16.5. The molecule has 21 heteroatoms. The van der Waals surface area contributed by atoms with Crippen molar-refractivity contribution >= 4 is 125 Å². The van der Waals surface area contributed by atoms with E-state index < -0.39 is 41.8 Å². The van der Waals surface area contributed by atoms with Gasteiger partial charge in [0.05, 0.1) is 50.8 Å². The number of azo groups is 3. The van der Waals surface area contributed by atoms with E-state index in [1.807, 2.05) is 79.7 Å². The van der Waals surface area contributed by atoms with E-state index in [4.69, 9.17) is 24.1 Å². The van der Waals surface area contributed by atoms with Crippen molar-refractivity contribution in [3.05, 3.63) is 274 Å². The second kappa shape index (κ2) is 31.7. The first-order valence-electron chi connectivity index (χ1n) is 28.1. The van der Waals surface area contributed by atoms with E-state index in [-0.39, 0.29) is 16.7 Å². The number of esters is 4. The SMILES string of the molecule is C=CC(=O)Oc1ccc(N=Nc2ccc(C(=O)O)c3ccccc23)cc1.C=CC(=O)Oc1ccc(N=Nc2ccc(C(=O)O)cc2)cc1.C=CC(=O)Oc1ccc(N=Nc2ccc(N(C)C)cc2)cc1.C=CC(=O)Oc1ccc2ccc3cc(C(=O)O)cc4ccc1c2c34. The fourth-order valence-electron chi connectivity index (χ4n) is 8.76. The summed E-state index contributed by atoms with van der Waals surface area (Å²) in [7, 11) is 3.97. The largest absolute Gasteiger partial charge is 0.478 e. The minimum Gasteiger partial charge on any atom is -0.478 e. The van der Waals surface area contributed by atoms with Crippen LogP contribution in [0.4, 0.5) is 39.8 Å². The molecule has 0 unspecified atom stereocenters. The smallest absolute Gasteiger partial charge is 0.336 e. The molecule has 0 saturated carbocycles. The first-order chi connectivity index (χ1) is 45.3. The number of carbonyl (C=O) groups excluding carboxylic acids is 4. The molecule has 11 rings (SSSR count). The number of nitrogens with zero attached hydrogens (tertiary/aromatic N) is 7. The third kappa shape index (κ3) is 17.9. The number of carboxylic acids is 3. The summed E-state index contributed by atoms with van der Waals surface area (Å²) in [5, 5.41) is 58.8. The summed E-state index contributed by atoms with van der Waals surface area (Å²) in [6, 6.07) is 58.3. The first-order valence-corrected chi connectivity index (χ1v) is 28.1. The summed E-state index contributed by atoms with van der Waals surface area (Å²) >= 11 is 0. The predicted octanol–water partition coefficient (Wildman–Crippen LogP) is 17.6. The Bertz CT molecular complexity index is 4740. The van der Waals surface area contributed by atoms with Gasteiger partial charge in [0, 0.05) is 60.2 Å². The quantitative estimate of drug-likeness (QED) is 0.0236. The van der Waals surface area contributed by atoms with Crippen molar-refractivity contribution < 1.29 is 67.8 Å². The molecule has 0 amide bonds. The van der Waals surface area contributed by atoms with Gasteiger partial charge in [0.15, 0.2) is 0 Å². The molecule has 466 valence electrons. The summed E-state index contributed by atoms with van der Waals surface area (Å²) in [5.74, 6) is -3.35. The monoisotopic (exact) mass is 1250 g/mol. The van der Waals surface area contributed by atoms with Crippen LogP contribution in [0.5, 0.6) is 23.0 Å². The molecule has 0 aromatic heterocycles. The van der Waals surface area contributed by atoms with E-state index >= 15 is 0 Å². The number of hydrogen-bond donors (Lipinski definition) is 3. The number of hydrogen-bond acceptors (Lipinski definition) is 18. The average Bonchev–Trinajstić information content (AvgIpc) is 0.740. The van der Waals surface area contributed by atoms with Crippen LogP contribution in [0.25, 0.3) is 43.1 Å². The van der Waals surface area contributed by atoms with Gasteiger partial charge < -0.3 is 39.2 Å². The van der Waals surface area contributed by atoms with Gasteiger partial charge in [-0.1, -0.05) is 74.8 Å². The number of aromatic carboxylic acids is 3. The lowest BCUT2D eigenvalue weighted by molar-refractivity contribution is -0.129. The van der Waals surface area contributed by atoms with Crippen LogP contribution in [0.3, 0.4) is 0 Å². The normalized spacial score (nSPS) is 10.7. The zero-order chi connectivity index (χ0) is 67.3. The van der Waals surface area contributed by atoms with Crippen LogP contribution in [0, 0.1) is 0 Å². The standard InChI is InChI=1S/C20H14N2O4.C20H12O4.C17H17N3O2.C16H12N2O4/c1-2-19(23)26-14-9-7-13(8-10-14)21-22-18-12-11-17(20(24)25)15-5-3-4-6-16(15)18;1-2-17(21)24-16-8-6-11-3-4-12-9-14(20(22)23)10-13-5-7-15(16)19(11)18(12)13;1-4-17(21)22-16-11-7-14(8-12-16)19-18-13-5-9-15(10-6-13)20(2)3;1-2-15(19)22-14-9-7-13(8-10-14)18-17-12-5-3-11(4-6-12)16(20)21/h2-12H,1H2,(H,24,25);2-10H,1H2,(H,22,23);4-12H,1H2,2-3H3;2-10H,1H2,(H,20,21). The Morgan fingerprint density at radius 2 is 0.745 bits per heavy atom. The lowest BCUT2D eigenvalue weighted by atomic mass is 9.92.